The topological polar surface area (TPSA) is 86.2 Å². The lowest BCUT2D eigenvalue weighted by Gasteiger charge is -2.15. The number of aromatic nitrogens is 1. The monoisotopic (exact) mass is 313 g/mol. The number of esters is 1. The quantitative estimate of drug-likeness (QED) is 0.792. The number of aromatic amines is 1. The van der Waals surface area contributed by atoms with E-state index < -0.39 is 5.97 Å². The molecule has 23 heavy (non-hydrogen) atoms. The molecule has 2 rings (SSSR count). The highest BCUT2D eigenvalue weighted by Crippen LogP contribution is 2.19. The van der Waals surface area contributed by atoms with Gasteiger partial charge >= 0.3 is 5.97 Å². The van der Waals surface area contributed by atoms with Gasteiger partial charge in [-0.2, -0.15) is 5.26 Å². The van der Waals surface area contributed by atoms with Crippen molar-refractivity contribution in [3.63, 3.8) is 0 Å². The number of benzene rings is 1. The van der Waals surface area contributed by atoms with Crippen LogP contribution in [0.3, 0.4) is 0 Å². The first-order valence-corrected chi connectivity index (χ1v) is 7.43. The predicted molar refractivity (Wildman–Crippen MR) is 85.4 cm³/mol. The summed E-state index contributed by atoms with van der Waals surface area (Å²) in [6, 6.07) is 9.85. The first-order chi connectivity index (χ1) is 11.1. The van der Waals surface area contributed by atoms with Crippen LogP contribution in [0.5, 0.6) is 0 Å². The normalized spacial score (nSPS) is 10.3. The molecule has 0 unspecified atom stereocenters. The maximum absolute atomic E-state index is 11.8. The number of aryl methyl sites for hydroxylation is 1. The number of hydrogen-bond acceptors (Lipinski definition) is 4. The molecule has 0 spiro atoms. The third kappa shape index (κ3) is 4.58. The van der Waals surface area contributed by atoms with Crippen LogP contribution in [-0.2, 0) is 20.7 Å². The molecule has 6 nitrogen and oxygen atoms in total. The lowest BCUT2D eigenvalue weighted by Crippen LogP contribution is -2.31. The van der Waals surface area contributed by atoms with Crippen molar-refractivity contribution in [3.05, 3.63) is 36.0 Å². The molecule has 0 radical (unpaired) electrons. The van der Waals surface area contributed by atoms with Crippen LogP contribution in [0.15, 0.2) is 30.5 Å². The molecule has 0 atom stereocenters. The van der Waals surface area contributed by atoms with Gasteiger partial charge in [0.25, 0.3) is 5.91 Å². The molecule has 0 fully saturated rings. The van der Waals surface area contributed by atoms with Crippen LogP contribution in [-0.4, -0.2) is 42.0 Å². The van der Waals surface area contributed by atoms with Crippen LogP contribution in [0.2, 0.25) is 0 Å². The van der Waals surface area contributed by atoms with Crippen molar-refractivity contribution in [1.82, 2.24) is 9.88 Å². The van der Waals surface area contributed by atoms with Gasteiger partial charge in [0.2, 0.25) is 0 Å². The standard InChI is InChI=1S/C17H19N3O3/c1-20(10-4-9-18)16(21)12-23-17(22)8-7-13-11-19-15-6-3-2-5-14(13)15/h2-3,5-6,11,19H,4,7-8,10,12H2,1H3. The zero-order chi connectivity index (χ0) is 16.7. The Balaban J connectivity index is 1.77. The number of hydrogen-bond donors (Lipinski definition) is 1. The van der Waals surface area contributed by atoms with Gasteiger partial charge in [-0.1, -0.05) is 18.2 Å². The van der Waals surface area contributed by atoms with Gasteiger partial charge in [-0.05, 0) is 18.1 Å². The second-order valence-corrected chi connectivity index (χ2v) is 5.24. The van der Waals surface area contributed by atoms with E-state index in [2.05, 4.69) is 4.98 Å². The summed E-state index contributed by atoms with van der Waals surface area (Å²) in [5.74, 6) is -0.710. The molecule has 0 bridgehead atoms. The van der Waals surface area contributed by atoms with E-state index in [-0.39, 0.29) is 25.4 Å². The van der Waals surface area contributed by atoms with Crippen LogP contribution in [0.1, 0.15) is 18.4 Å². The molecule has 1 amide bonds. The van der Waals surface area contributed by atoms with E-state index in [0.29, 0.717) is 13.0 Å². The highest BCUT2D eigenvalue weighted by molar-refractivity contribution is 5.84. The van der Waals surface area contributed by atoms with Gasteiger partial charge in [-0.15, -0.1) is 0 Å². The Labute approximate surface area is 134 Å². The van der Waals surface area contributed by atoms with Gasteiger partial charge in [-0.3, -0.25) is 9.59 Å². The van der Waals surface area contributed by atoms with Crippen LogP contribution in [0.4, 0.5) is 0 Å². The van der Waals surface area contributed by atoms with Crippen LogP contribution in [0, 0.1) is 11.3 Å². The van der Waals surface area contributed by atoms with E-state index in [4.69, 9.17) is 10.00 Å². The summed E-state index contributed by atoms with van der Waals surface area (Å²) in [6.07, 6.45) is 2.92. The first kappa shape index (κ1) is 16.6. The average molecular weight is 313 g/mol. The Morgan fingerprint density at radius 1 is 1.35 bits per heavy atom. The number of ether oxygens (including phenoxy) is 1. The fourth-order valence-corrected chi connectivity index (χ4v) is 2.24. The molecular formula is C17H19N3O3. The summed E-state index contributed by atoms with van der Waals surface area (Å²) in [5, 5.41) is 9.57. The molecule has 0 aliphatic carbocycles. The fourth-order valence-electron chi connectivity index (χ4n) is 2.24. The Kier molecular flexibility index (Phi) is 5.75. The third-order valence-electron chi connectivity index (χ3n) is 3.61. The van der Waals surface area contributed by atoms with Crippen LogP contribution in [0.25, 0.3) is 10.9 Å². The van der Waals surface area contributed by atoms with E-state index in [0.717, 1.165) is 16.5 Å². The maximum atomic E-state index is 11.8. The maximum Gasteiger partial charge on any atom is 0.306 e. The molecule has 0 saturated heterocycles. The number of carbonyl (C=O) groups excluding carboxylic acids is 2. The van der Waals surface area contributed by atoms with Crippen molar-refractivity contribution >= 4 is 22.8 Å². The number of nitrogens with zero attached hydrogens (tertiary/aromatic N) is 2. The number of para-hydroxylation sites is 1. The van der Waals surface area contributed by atoms with Gasteiger partial charge in [0.1, 0.15) is 0 Å². The third-order valence-corrected chi connectivity index (χ3v) is 3.61. The number of rotatable bonds is 7. The lowest BCUT2D eigenvalue weighted by molar-refractivity contribution is -0.151. The Morgan fingerprint density at radius 3 is 2.91 bits per heavy atom. The zero-order valence-corrected chi connectivity index (χ0v) is 13.0. The molecule has 120 valence electrons. The van der Waals surface area contributed by atoms with Crippen LogP contribution < -0.4 is 0 Å². The smallest absolute Gasteiger partial charge is 0.306 e. The minimum atomic E-state index is -0.405. The van der Waals surface area contributed by atoms with Crippen molar-refractivity contribution < 1.29 is 14.3 Å². The fraction of sp³-hybridized carbons (Fsp3) is 0.353. The minimum absolute atomic E-state index is 0.219. The summed E-state index contributed by atoms with van der Waals surface area (Å²) in [4.78, 5) is 28.0. The van der Waals surface area contributed by atoms with Gasteiger partial charge < -0.3 is 14.6 Å². The van der Waals surface area contributed by atoms with E-state index in [9.17, 15) is 9.59 Å². The first-order valence-electron chi connectivity index (χ1n) is 7.43. The molecule has 6 heteroatoms. The number of carbonyl (C=O) groups is 2. The van der Waals surface area contributed by atoms with E-state index in [1.807, 2.05) is 36.5 Å². The number of nitrogens with one attached hydrogen (secondary N) is 1. The highest BCUT2D eigenvalue weighted by Gasteiger charge is 2.12. The van der Waals surface area contributed by atoms with E-state index in [1.54, 1.807) is 7.05 Å². The molecule has 1 heterocycles. The number of H-pyrrole nitrogens is 1. The van der Waals surface area contributed by atoms with Crippen LogP contribution >= 0.6 is 0 Å². The predicted octanol–water partition coefficient (Wildman–Crippen LogP) is 2.02. The zero-order valence-electron chi connectivity index (χ0n) is 13.0. The average Bonchev–Trinajstić information content (AvgIpc) is 2.98. The molecular weight excluding hydrogens is 294 g/mol. The SMILES string of the molecule is CN(CCC#N)C(=O)COC(=O)CCc1c[nH]c2ccccc12. The Bertz CT molecular complexity index is 730. The summed E-state index contributed by atoms with van der Waals surface area (Å²) >= 11 is 0. The van der Waals surface area contributed by atoms with Crippen molar-refractivity contribution in [1.29, 1.82) is 5.26 Å². The van der Waals surface area contributed by atoms with Crippen molar-refractivity contribution in [2.45, 2.75) is 19.3 Å². The number of likely N-dealkylation sites (N-methyl/N-ethyl adjacent to an activating group) is 1. The summed E-state index contributed by atoms with van der Waals surface area (Å²) in [5.41, 5.74) is 2.08. The number of amides is 1. The Morgan fingerprint density at radius 2 is 2.13 bits per heavy atom. The van der Waals surface area contributed by atoms with Gasteiger partial charge in [0, 0.05) is 37.1 Å². The number of fused-ring (bicyclic) bond motifs is 1. The molecule has 1 N–H and O–H groups in total. The second kappa shape index (κ2) is 7.99. The van der Waals surface area contributed by atoms with Gasteiger partial charge in [0.15, 0.2) is 6.61 Å². The number of nitriles is 1. The summed E-state index contributed by atoms with van der Waals surface area (Å²) in [6.45, 7) is 0.0525. The van der Waals surface area contributed by atoms with E-state index >= 15 is 0 Å². The minimum Gasteiger partial charge on any atom is -0.456 e. The lowest BCUT2D eigenvalue weighted by atomic mass is 10.1. The molecule has 0 aliphatic rings. The van der Waals surface area contributed by atoms with Crippen molar-refractivity contribution in [3.8, 4) is 6.07 Å². The van der Waals surface area contributed by atoms with Gasteiger partial charge in [0.05, 0.1) is 12.5 Å². The van der Waals surface area contributed by atoms with E-state index in [1.165, 1.54) is 4.90 Å². The molecule has 1 aromatic heterocycles. The van der Waals surface area contributed by atoms with Crippen molar-refractivity contribution in [2.24, 2.45) is 0 Å². The largest absolute Gasteiger partial charge is 0.456 e. The molecule has 2 aromatic rings. The molecule has 0 saturated carbocycles. The van der Waals surface area contributed by atoms with Crippen molar-refractivity contribution in [2.75, 3.05) is 20.2 Å². The Hall–Kier alpha value is -2.81. The van der Waals surface area contributed by atoms with Gasteiger partial charge in [-0.25, -0.2) is 0 Å². The second-order valence-electron chi connectivity index (χ2n) is 5.24. The highest BCUT2D eigenvalue weighted by atomic mass is 16.5. The molecule has 1 aromatic carbocycles. The molecule has 0 aliphatic heterocycles. The summed E-state index contributed by atoms with van der Waals surface area (Å²) < 4.78 is 4.99. The summed E-state index contributed by atoms with van der Waals surface area (Å²) in [7, 11) is 1.58.